The molecule has 1 unspecified atom stereocenters. The van der Waals surface area contributed by atoms with E-state index in [1.165, 1.54) is 16.9 Å². The number of aryl methyl sites for hydroxylation is 1. The lowest BCUT2D eigenvalue weighted by molar-refractivity contribution is 0.290. The molecule has 0 aliphatic carbocycles. The molecular formula is C12H16N2O. The molecule has 0 bridgehead atoms. The van der Waals surface area contributed by atoms with Gasteiger partial charge in [0.1, 0.15) is 11.4 Å². The first-order chi connectivity index (χ1) is 7.27. The molecule has 0 radical (unpaired) electrons. The van der Waals surface area contributed by atoms with Gasteiger partial charge in [-0.1, -0.05) is 6.07 Å². The van der Waals surface area contributed by atoms with E-state index in [-0.39, 0.29) is 0 Å². The Morgan fingerprint density at radius 3 is 3.20 bits per heavy atom. The lowest BCUT2D eigenvalue weighted by atomic mass is 10.0. The number of benzene rings is 1. The Morgan fingerprint density at radius 1 is 1.47 bits per heavy atom. The van der Waals surface area contributed by atoms with Crippen LogP contribution in [0.3, 0.4) is 0 Å². The van der Waals surface area contributed by atoms with Gasteiger partial charge in [-0.15, -0.1) is 0 Å². The average Bonchev–Trinajstić information content (AvgIpc) is 2.56. The highest BCUT2D eigenvalue weighted by molar-refractivity contribution is 5.82. The predicted molar refractivity (Wildman–Crippen MR) is 61.7 cm³/mol. The highest BCUT2D eigenvalue weighted by atomic mass is 16.5. The van der Waals surface area contributed by atoms with Crippen molar-refractivity contribution in [3.63, 3.8) is 0 Å². The van der Waals surface area contributed by atoms with Gasteiger partial charge in [0.2, 0.25) is 0 Å². The zero-order chi connectivity index (χ0) is 10.4. The van der Waals surface area contributed by atoms with Crippen LogP contribution in [0.25, 0.3) is 0 Å². The van der Waals surface area contributed by atoms with E-state index in [1.807, 2.05) is 0 Å². The Morgan fingerprint density at radius 2 is 2.33 bits per heavy atom. The van der Waals surface area contributed by atoms with E-state index in [0.717, 1.165) is 25.2 Å². The second kappa shape index (κ2) is 3.05. The molecule has 80 valence electrons. The van der Waals surface area contributed by atoms with E-state index in [2.05, 4.69) is 36.3 Å². The van der Waals surface area contributed by atoms with Crippen LogP contribution in [0.4, 0.5) is 11.4 Å². The number of hydrogen-bond acceptors (Lipinski definition) is 3. The molecule has 0 fully saturated rings. The van der Waals surface area contributed by atoms with Crippen molar-refractivity contribution in [3.05, 3.63) is 17.7 Å². The molecule has 3 nitrogen and oxygen atoms in total. The molecule has 1 aromatic rings. The second-order valence-electron chi connectivity index (χ2n) is 4.33. The van der Waals surface area contributed by atoms with Gasteiger partial charge in [0.05, 0.1) is 18.5 Å². The number of nitrogens with zero attached hydrogens (tertiary/aromatic N) is 1. The number of hydrogen-bond donors (Lipinski definition) is 1. The maximum atomic E-state index is 5.77. The van der Waals surface area contributed by atoms with Crippen molar-refractivity contribution in [3.8, 4) is 5.75 Å². The van der Waals surface area contributed by atoms with Crippen molar-refractivity contribution in [2.45, 2.75) is 25.9 Å². The SMILES string of the molecule is CC1Nc2c(ccc3c2OCCC3)N1C. The Kier molecular flexibility index (Phi) is 1.81. The van der Waals surface area contributed by atoms with Gasteiger partial charge in [0.15, 0.2) is 0 Å². The molecule has 2 aliphatic heterocycles. The number of rotatable bonds is 0. The third-order valence-corrected chi connectivity index (χ3v) is 3.37. The van der Waals surface area contributed by atoms with Crippen molar-refractivity contribution in [2.24, 2.45) is 0 Å². The molecule has 3 rings (SSSR count). The number of anilines is 2. The summed E-state index contributed by atoms with van der Waals surface area (Å²) in [6.07, 6.45) is 2.64. The summed E-state index contributed by atoms with van der Waals surface area (Å²) in [4.78, 5) is 2.24. The molecule has 2 heterocycles. The molecule has 0 saturated carbocycles. The van der Waals surface area contributed by atoms with Gasteiger partial charge >= 0.3 is 0 Å². The Labute approximate surface area is 90.0 Å². The lowest BCUT2D eigenvalue weighted by Gasteiger charge is -2.20. The first-order valence-corrected chi connectivity index (χ1v) is 5.55. The molecule has 3 heteroatoms. The topological polar surface area (TPSA) is 24.5 Å². The van der Waals surface area contributed by atoms with Crippen LogP contribution in [0.1, 0.15) is 18.9 Å². The van der Waals surface area contributed by atoms with E-state index >= 15 is 0 Å². The summed E-state index contributed by atoms with van der Waals surface area (Å²) in [5.41, 5.74) is 3.78. The molecule has 2 aliphatic rings. The van der Waals surface area contributed by atoms with Crippen molar-refractivity contribution >= 4 is 11.4 Å². The van der Waals surface area contributed by atoms with Crippen LogP contribution >= 0.6 is 0 Å². The van der Waals surface area contributed by atoms with Gasteiger partial charge in [-0.05, 0) is 31.4 Å². The number of ether oxygens (including phenoxy) is 1. The van der Waals surface area contributed by atoms with E-state index in [1.54, 1.807) is 0 Å². The molecule has 15 heavy (non-hydrogen) atoms. The highest BCUT2D eigenvalue weighted by Crippen LogP contribution is 2.44. The van der Waals surface area contributed by atoms with Crippen molar-refractivity contribution in [1.29, 1.82) is 0 Å². The third kappa shape index (κ3) is 1.19. The molecule has 0 spiro atoms. The van der Waals surface area contributed by atoms with Crippen molar-refractivity contribution < 1.29 is 4.74 Å². The minimum Gasteiger partial charge on any atom is -0.491 e. The lowest BCUT2D eigenvalue weighted by Crippen LogP contribution is -2.28. The summed E-state index contributed by atoms with van der Waals surface area (Å²) >= 11 is 0. The predicted octanol–water partition coefficient (Wildman–Crippen LogP) is 2.22. The van der Waals surface area contributed by atoms with Gasteiger partial charge in [-0.2, -0.15) is 0 Å². The van der Waals surface area contributed by atoms with Crippen LogP contribution in [0.5, 0.6) is 5.75 Å². The van der Waals surface area contributed by atoms with E-state index in [0.29, 0.717) is 6.17 Å². The Balaban J connectivity index is 2.13. The van der Waals surface area contributed by atoms with Crippen LogP contribution in [-0.2, 0) is 6.42 Å². The van der Waals surface area contributed by atoms with Gasteiger partial charge in [0, 0.05) is 7.05 Å². The summed E-state index contributed by atoms with van der Waals surface area (Å²) in [5, 5.41) is 3.48. The fourth-order valence-electron chi connectivity index (χ4n) is 2.36. The fourth-order valence-corrected chi connectivity index (χ4v) is 2.36. The van der Waals surface area contributed by atoms with Crippen molar-refractivity contribution in [1.82, 2.24) is 0 Å². The fraction of sp³-hybridized carbons (Fsp3) is 0.500. The first kappa shape index (κ1) is 8.89. The van der Waals surface area contributed by atoms with E-state index in [4.69, 9.17) is 4.74 Å². The van der Waals surface area contributed by atoms with Crippen molar-refractivity contribution in [2.75, 3.05) is 23.9 Å². The zero-order valence-corrected chi connectivity index (χ0v) is 9.21. The summed E-state index contributed by atoms with van der Waals surface area (Å²) in [5.74, 6) is 1.08. The van der Waals surface area contributed by atoms with Crippen LogP contribution < -0.4 is 15.0 Å². The van der Waals surface area contributed by atoms with Gasteiger partial charge < -0.3 is 15.0 Å². The minimum absolute atomic E-state index is 0.358. The number of fused-ring (bicyclic) bond motifs is 3. The highest BCUT2D eigenvalue weighted by Gasteiger charge is 2.27. The quantitative estimate of drug-likeness (QED) is 0.701. The maximum absolute atomic E-state index is 5.77. The summed E-state index contributed by atoms with van der Waals surface area (Å²) in [6.45, 7) is 3.01. The first-order valence-electron chi connectivity index (χ1n) is 5.55. The Hall–Kier alpha value is -1.38. The normalized spacial score (nSPS) is 22.8. The zero-order valence-electron chi connectivity index (χ0n) is 9.21. The molecule has 1 atom stereocenters. The van der Waals surface area contributed by atoms with E-state index in [9.17, 15) is 0 Å². The Bertz CT molecular complexity index is 403. The summed E-state index contributed by atoms with van der Waals surface area (Å²) in [7, 11) is 2.11. The van der Waals surface area contributed by atoms with Gasteiger partial charge in [0.25, 0.3) is 0 Å². The van der Waals surface area contributed by atoms with Gasteiger partial charge in [-0.25, -0.2) is 0 Å². The average molecular weight is 204 g/mol. The smallest absolute Gasteiger partial charge is 0.147 e. The molecule has 0 aromatic heterocycles. The molecule has 0 amide bonds. The molecular weight excluding hydrogens is 188 g/mol. The molecule has 1 N–H and O–H groups in total. The minimum atomic E-state index is 0.358. The number of nitrogens with one attached hydrogen (secondary N) is 1. The summed E-state index contributed by atoms with van der Waals surface area (Å²) < 4.78 is 5.77. The molecule has 1 aromatic carbocycles. The van der Waals surface area contributed by atoms with Gasteiger partial charge in [-0.3, -0.25) is 0 Å². The van der Waals surface area contributed by atoms with E-state index < -0.39 is 0 Å². The second-order valence-corrected chi connectivity index (χ2v) is 4.33. The van der Waals surface area contributed by atoms with Crippen LogP contribution in [0, 0.1) is 0 Å². The summed E-state index contributed by atoms with van der Waals surface area (Å²) in [6, 6.07) is 4.39. The van der Waals surface area contributed by atoms with Crippen LogP contribution in [0.15, 0.2) is 12.1 Å². The third-order valence-electron chi connectivity index (χ3n) is 3.37. The molecule has 0 saturated heterocycles. The standard InChI is InChI=1S/C12H16N2O/c1-8-13-11-10(14(8)2)6-5-9-4-3-7-15-12(9)11/h5-6,8,13H,3-4,7H2,1-2H3. The monoisotopic (exact) mass is 204 g/mol. The largest absolute Gasteiger partial charge is 0.491 e. The van der Waals surface area contributed by atoms with Crippen LogP contribution in [0.2, 0.25) is 0 Å². The van der Waals surface area contributed by atoms with Crippen LogP contribution in [-0.4, -0.2) is 19.8 Å². The maximum Gasteiger partial charge on any atom is 0.147 e.